The van der Waals surface area contributed by atoms with Crippen molar-refractivity contribution >= 4 is 16.1 Å². The molecule has 2 aliphatic heterocycles. The Balaban J connectivity index is 1.53. The molecule has 2 atom stereocenters. The van der Waals surface area contributed by atoms with E-state index in [2.05, 4.69) is 19.2 Å². The highest BCUT2D eigenvalue weighted by Crippen LogP contribution is 2.28. The normalized spacial score (nSPS) is 24.0. The SMILES string of the molecule is COc1ccc(CNC(=O)C2CCN(S(=O)(=O)N3CC(C)CC(C)C3)CC2)c(OC)c1. The van der Waals surface area contributed by atoms with E-state index in [0.29, 0.717) is 68.9 Å². The molecule has 2 aliphatic rings. The fraction of sp³-hybridized carbons (Fsp3) is 0.682. The molecule has 2 unspecified atom stereocenters. The number of ether oxygens (including phenoxy) is 2. The monoisotopic (exact) mass is 453 g/mol. The van der Waals surface area contributed by atoms with Crippen molar-refractivity contribution in [2.24, 2.45) is 17.8 Å². The van der Waals surface area contributed by atoms with Gasteiger partial charge in [-0.1, -0.05) is 13.8 Å². The quantitative estimate of drug-likeness (QED) is 0.684. The van der Waals surface area contributed by atoms with Gasteiger partial charge >= 0.3 is 0 Å². The van der Waals surface area contributed by atoms with E-state index in [1.54, 1.807) is 28.9 Å². The minimum Gasteiger partial charge on any atom is -0.497 e. The predicted octanol–water partition coefficient (Wildman–Crippen LogP) is 2.25. The van der Waals surface area contributed by atoms with Crippen LogP contribution < -0.4 is 14.8 Å². The largest absolute Gasteiger partial charge is 0.497 e. The van der Waals surface area contributed by atoms with Crippen LogP contribution in [0.15, 0.2) is 18.2 Å². The minimum atomic E-state index is -3.46. The lowest BCUT2D eigenvalue weighted by atomic mass is 9.94. The van der Waals surface area contributed by atoms with Crippen LogP contribution in [0.2, 0.25) is 0 Å². The summed E-state index contributed by atoms with van der Waals surface area (Å²) in [6.45, 7) is 6.48. The van der Waals surface area contributed by atoms with E-state index in [1.165, 1.54) is 0 Å². The zero-order chi connectivity index (χ0) is 22.6. The molecular formula is C22H35N3O5S. The van der Waals surface area contributed by atoms with Crippen LogP contribution >= 0.6 is 0 Å². The molecule has 174 valence electrons. The van der Waals surface area contributed by atoms with E-state index >= 15 is 0 Å². The second-order valence-electron chi connectivity index (χ2n) is 8.84. The van der Waals surface area contributed by atoms with Gasteiger partial charge in [0.2, 0.25) is 5.91 Å². The lowest BCUT2D eigenvalue weighted by Crippen LogP contribution is -2.52. The average Bonchev–Trinajstić information content (AvgIpc) is 2.76. The van der Waals surface area contributed by atoms with Gasteiger partial charge in [-0.15, -0.1) is 0 Å². The van der Waals surface area contributed by atoms with Crippen molar-refractivity contribution in [3.63, 3.8) is 0 Å². The van der Waals surface area contributed by atoms with E-state index < -0.39 is 10.2 Å². The molecule has 0 radical (unpaired) electrons. The van der Waals surface area contributed by atoms with Crippen LogP contribution in [0.25, 0.3) is 0 Å². The molecule has 2 heterocycles. The number of amides is 1. The summed E-state index contributed by atoms with van der Waals surface area (Å²) in [5.41, 5.74) is 0.866. The molecule has 1 amide bonds. The first-order valence-corrected chi connectivity index (χ1v) is 12.4. The first-order chi connectivity index (χ1) is 14.7. The van der Waals surface area contributed by atoms with E-state index in [4.69, 9.17) is 9.47 Å². The van der Waals surface area contributed by atoms with Crippen molar-refractivity contribution in [2.75, 3.05) is 40.4 Å². The standard InChI is InChI=1S/C22H35N3O5S/c1-16-11-17(2)15-25(14-16)31(27,28)24-9-7-18(8-10-24)22(26)23-13-19-5-6-20(29-3)12-21(19)30-4/h5-6,12,16-18H,7-11,13-15H2,1-4H3,(H,23,26). The number of nitrogens with zero attached hydrogens (tertiary/aromatic N) is 2. The molecule has 1 aromatic carbocycles. The molecule has 0 saturated carbocycles. The Hall–Kier alpha value is -1.84. The van der Waals surface area contributed by atoms with Gasteiger partial charge in [-0.2, -0.15) is 17.0 Å². The Kier molecular flexibility index (Phi) is 7.82. The number of hydrogen-bond acceptors (Lipinski definition) is 5. The average molecular weight is 454 g/mol. The van der Waals surface area contributed by atoms with Gasteiger partial charge in [0.1, 0.15) is 11.5 Å². The lowest BCUT2D eigenvalue weighted by Gasteiger charge is -2.39. The number of hydrogen-bond donors (Lipinski definition) is 1. The van der Waals surface area contributed by atoms with E-state index in [-0.39, 0.29) is 11.8 Å². The minimum absolute atomic E-state index is 0.0462. The molecule has 0 aromatic heterocycles. The smallest absolute Gasteiger partial charge is 0.281 e. The molecule has 31 heavy (non-hydrogen) atoms. The maximum atomic E-state index is 13.1. The summed E-state index contributed by atoms with van der Waals surface area (Å²) >= 11 is 0. The molecule has 8 nitrogen and oxygen atoms in total. The molecule has 3 rings (SSSR count). The summed E-state index contributed by atoms with van der Waals surface area (Å²) in [4.78, 5) is 12.7. The summed E-state index contributed by atoms with van der Waals surface area (Å²) in [5.74, 6) is 1.86. The molecular weight excluding hydrogens is 418 g/mol. The van der Waals surface area contributed by atoms with Crippen LogP contribution in [0.5, 0.6) is 11.5 Å². The molecule has 2 fully saturated rings. The summed E-state index contributed by atoms with van der Waals surface area (Å²) in [5, 5.41) is 2.97. The van der Waals surface area contributed by atoms with Crippen molar-refractivity contribution in [2.45, 2.75) is 39.7 Å². The summed E-state index contributed by atoms with van der Waals surface area (Å²) in [7, 11) is -0.288. The zero-order valence-electron chi connectivity index (χ0n) is 19.0. The van der Waals surface area contributed by atoms with Crippen LogP contribution in [0.4, 0.5) is 0 Å². The maximum Gasteiger partial charge on any atom is 0.281 e. The Morgan fingerprint density at radius 3 is 2.29 bits per heavy atom. The molecule has 9 heteroatoms. The number of rotatable bonds is 7. The highest BCUT2D eigenvalue weighted by molar-refractivity contribution is 7.86. The molecule has 1 aromatic rings. The number of carbonyl (C=O) groups excluding carboxylic acids is 1. The van der Waals surface area contributed by atoms with Crippen LogP contribution in [0.1, 0.15) is 38.7 Å². The molecule has 0 spiro atoms. The topological polar surface area (TPSA) is 88.2 Å². The Labute approximate surface area is 186 Å². The Bertz CT molecular complexity index is 858. The van der Waals surface area contributed by atoms with E-state index in [0.717, 1.165) is 12.0 Å². The number of piperidine rings is 2. The van der Waals surface area contributed by atoms with Crippen molar-refractivity contribution < 1.29 is 22.7 Å². The van der Waals surface area contributed by atoms with Crippen molar-refractivity contribution in [3.8, 4) is 11.5 Å². The highest BCUT2D eigenvalue weighted by Gasteiger charge is 2.37. The molecule has 0 bridgehead atoms. The van der Waals surface area contributed by atoms with Gasteiger partial charge in [0.05, 0.1) is 14.2 Å². The Morgan fingerprint density at radius 1 is 1.06 bits per heavy atom. The third-order valence-electron chi connectivity index (χ3n) is 6.26. The first-order valence-electron chi connectivity index (χ1n) is 11.0. The van der Waals surface area contributed by atoms with E-state index in [1.807, 2.05) is 12.1 Å². The second kappa shape index (κ2) is 10.2. The third-order valence-corrected chi connectivity index (χ3v) is 8.23. The summed E-state index contributed by atoms with van der Waals surface area (Å²) < 4.78 is 39.9. The van der Waals surface area contributed by atoms with Crippen molar-refractivity contribution in [3.05, 3.63) is 23.8 Å². The fourth-order valence-electron chi connectivity index (χ4n) is 4.63. The summed E-state index contributed by atoms with van der Waals surface area (Å²) in [6, 6.07) is 5.48. The number of carbonyl (C=O) groups is 1. The second-order valence-corrected chi connectivity index (χ2v) is 10.8. The maximum absolute atomic E-state index is 13.1. The van der Waals surface area contributed by atoms with Gasteiger partial charge in [0.15, 0.2) is 0 Å². The van der Waals surface area contributed by atoms with Crippen LogP contribution in [0.3, 0.4) is 0 Å². The van der Waals surface area contributed by atoms with Gasteiger partial charge < -0.3 is 14.8 Å². The Morgan fingerprint density at radius 2 is 1.71 bits per heavy atom. The first kappa shape index (κ1) is 23.8. The van der Waals surface area contributed by atoms with Gasteiger partial charge in [-0.3, -0.25) is 4.79 Å². The molecule has 0 aliphatic carbocycles. The van der Waals surface area contributed by atoms with Crippen molar-refractivity contribution in [1.82, 2.24) is 13.9 Å². The predicted molar refractivity (Wildman–Crippen MR) is 119 cm³/mol. The zero-order valence-corrected chi connectivity index (χ0v) is 19.8. The summed E-state index contributed by atoms with van der Waals surface area (Å²) in [6.07, 6.45) is 2.13. The van der Waals surface area contributed by atoms with Crippen LogP contribution in [0, 0.1) is 17.8 Å². The van der Waals surface area contributed by atoms with Gasteiger partial charge in [0.25, 0.3) is 10.2 Å². The number of methoxy groups -OCH3 is 2. The van der Waals surface area contributed by atoms with Crippen LogP contribution in [-0.4, -0.2) is 63.3 Å². The van der Waals surface area contributed by atoms with E-state index in [9.17, 15) is 13.2 Å². The molecule has 1 N–H and O–H groups in total. The van der Waals surface area contributed by atoms with Gasteiger partial charge in [-0.05, 0) is 43.2 Å². The van der Waals surface area contributed by atoms with Crippen molar-refractivity contribution in [1.29, 1.82) is 0 Å². The lowest BCUT2D eigenvalue weighted by molar-refractivity contribution is -0.126. The van der Waals surface area contributed by atoms with Gasteiger partial charge in [0, 0.05) is 50.3 Å². The third kappa shape index (κ3) is 5.70. The molecule has 2 saturated heterocycles. The fourth-order valence-corrected chi connectivity index (χ4v) is 6.52. The highest BCUT2D eigenvalue weighted by atomic mass is 32.2. The number of benzene rings is 1. The van der Waals surface area contributed by atoms with Gasteiger partial charge in [-0.25, -0.2) is 0 Å². The number of nitrogens with one attached hydrogen (secondary N) is 1. The van der Waals surface area contributed by atoms with Crippen LogP contribution in [-0.2, 0) is 21.5 Å².